The number of amides is 3. The summed E-state index contributed by atoms with van der Waals surface area (Å²) in [6.07, 6.45) is 0.143. The highest BCUT2D eigenvalue weighted by Crippen LogP contribution is 2.11. The second kappa shape index (κ2) is 6.49. The van der Waals surface area contributed by atoms with Crippen molar-refractivity contribution in [3.63, 3.8) is 0 Å². The van der Waals surface area contributed by atoms with Gasteiger partial charge >= 0.3 is 0 Å². The smallest absolute Gasteiger partial charge is 0.246 e. The molecule has 0 bridgehead atoms. The van der Waals surface area contributed by atoms with Gasteiger partial charge in [-0.1, -0.05) is 13.8 Å². The van der Waals surface area contributed by atoms with E-state index in [4.69, 9.17) is 0 Å². The Morgan fingerprint density at radius 1 is 1.44 bits per heavy atom. The molecule has 1 fully saturated rings. The lowest BCUT2D eigenvalue weighted by atomic mass is 10.2. The van der Waals surface area contributed by atoms with Gasteiger partial charge in [0.15, 0.2) is 0 Å². The maximum Gasteiger partial charge on any atom is 0.246 e. The maximum atomic E-state index is 11.7. The van der Waals surface area contributed by atoms with Crippen LogP contribution in [0.4, 0.5) is 0 Å². The summed E-state index contributed by atoms with van der Waals surface area (Å²) in [5, 5.41) is 5.57. The number of carbonyl (C=O) groups excluding carboxylic acids is 3. The Morgan fingerprint density at radius 3 is 2.61 bits per heavy atom. The lowest BCUT2D eigenvalue weighted by Gasteiger charge is -2.13. The standard InChI is InChI=1S/C12H21N3O3/c1-4-15-11(17)5-9(12(15)18)13-7-10(16)14-6-8(2)3/h8-9,13H,4-7H2,1-3H3,(H,14,16). The minimum Gasteiger partial charge on any atom is -0.355 e. The molecular weight excluding hydrogens is 234 g/mol. The first-order valence-electron chi connectivity index (χ1n) is 6.30. The molecule has 0 aromatic carbocycles. The summed E-state index contributed by atoms with van der Waals surface area (Å²) >= 11 is 0. The predicted molar refractivity (Wildman–Crippen MR) is 66.6 cm³/mol. The van der Waals surface area contributed by atoms with E-state index >= 15 is 0 Å². The summed E-state index contributed by atoms with van der Waals surface area (Å²) in [4.78, 5) is 35.9. The number of likely N-dealkylation sites (tertiary alicyclic amines) is 1. The minimum atomic E-state index is -0.553. The summed E-state index contributed by atoms with van der Waals surface area (Å²) in [6, 6.07) is -0.553. The minimum absolute atomic E-state index is 0.0635. The van der Waals surface area contributed by atoms with Gasteiger partial charge in [-0.15, -0.1) is 0 Å². The van der Waals surface area contributed by atoms with Gasteiger partial charge in [0, 0.05) is 13.1 Å². The zero-order valence-electron chi connectivity index (χ0n) is 11.2. The lowest BCUT2D eigenvalue weighted by molar-refractivity contribution is -0.138. The molecule has 2 N–H and O–H groups in total. The highest BCUT2D eigenvalue weighted by Gasteiger charge is 2.37. The normalized spacial score (nSPS) is 19.8. The van der Waals surface area contributed by atoms with E-state index in [-0.39, 0.29) is 30.7 Å². The molecule has 0 saturated carbocycles. The van der Waals surface area contributed by atoms with Gasteiger partial charge in [0.05, 0.1) is 19.0 Å². The molecule has 1 heterocycles. The second-order valence-electron chi connectivity index (χ2n) is 4.81. The summed E-state index contributed by atoms with van der Waals surface area (Å²) in [5.41, 5.74) is 0. The Bertz CT molecular complexity index is 341. The van der Waals surface area contributed by atoms with Crippen LogP contribution in [0.5, 0.6) is 0 Å². The molecule has 1 rings (SSSR count). The van der Waals surface area contributed by atoms with E-state index in [1.54, 1.807) is 6.92 Å². The molecule has 0 aromatic heterocycles. The molecule has 6 heteroatoms. The second-order valence-corrected chi connectivity index (χ2v) is 4.81. The summed E-state index contributed by atoms with van der Waals surface area (Å²) in [7, 11) is 0. The fourth-order valence-corrected chi connectivity index (χ4v) is 1.77. The quantitative estimate of drug-likeness (QED) is 0.627. The molecule has 1 unspecified atom stereocenters. The molecule has 1 aliphatic heterocycles. The number of hydrogen-bond donors (Lipinski definition) is 2. The average Bonchev–Trinajstić information content (AvgIpc) is 2.58. The van der Waals surface area contributed by atoms with Crippen LogP contribution in [0.25, 0.3) is 0 Å². The van der Waals surface area contributed by atoms with Crippen LogP contribution in [0.3, 0.4) is 0 Å². The van der Waals surface area contributed by atoms with Gasteiger partial charge in [0.25, 0.3) is 0 Å². The molecule has 0 aromatic rings. The molecule has 1 saturated heterocycles. The number of imide groups is 1. The fourth-order valence-electron chi connectivity index (χ4n) is 1.77. The first-order chi connectivity index (χ1) is 8.45. The third-order valence-corrected chi connectivity index (χ3v) is 2.78. The fraction of sp³-hybridized carbons (Fsp3) is 0.750. The molecule has 0 aliphatic carbocycles. The number of nitrogens with one attached hydrogen (secondary N) is 2. The Hall–Kier alpha value is -1.43. The van der Waals surface area contributed by atoms with Crippen LogP contribution in [0.1, 0.15) is 27.2 Å². The first kappa shape index (κ1) is 14.6. The maximum absolute atomic E-state index is 11.7. The van der Waals surface area contributed by atoms with E-state index in [1.165, 1.54) is 4.90 Å². The van der Waals surface area contributed by atoms with Gasteiger partial charge in [0.2, 0.25) is 17.7 Å². The molecule has 102 valence electrons. The predicted octanol–water partition coefficient (Wildman–Crippen LogP) is -0.504. The third-order valence-electron chi connectivity index (χ3n) is 2.78. The number of carbonyl (C=O) groups is 3. The summed E-state index contributed by atoms with van der Waals surface area (Å²) in [6.45, 7) is 6.83. The van der Waals surface area contributed by atoms with Gasteiger partial charge < -0.3 is 5.32 Å². The number of hydrogen-bond acceptors (Lipinski definition) is 4. The van der Waals surface area contributed by atoms with Gasteiger partial charge in [0.1, 0.15) is 0 Å². The van der Waals surface area contributed by atoms with Crippen molar-refractivity contribution in [2.45, 2.75) is 33.2 Å². The van der Waals surface area contributed by atoms with Crippen molar-refractivity contribution >= 4 is 17.7 Å². The molecule has 1 atom stereocenters. The molecule has 18 heavy (non-hydrogen) atoms. The van der Waals surface area contributed by atoms with Crippen LogP contribution in [0.2, 0.25) is 0 Å². The molecule has 1 aliphatic rings. The molecule has 3 amide bonds. The van der Waals surface area contributed by atoms with Crippen LogP contribution in [-0.2, 0) is 14.4 Å². The van der Waals surface area contributed by atoms with Crippen molar-refractivity contribution < 1.29 is 14.4 Å². The van der Waals surface area contributed by atoms with Crippen molar-refractivity contribution in [2.24, 2.45) is 5.92 Å². The zero-order chi connectivity index (χ0) is 13.7. The SMILES string of the molecule is CCN1C(=O)CC(NCC(=O)NCC(C)C)C1=O. The van der Waals surface area contributed by atoms with E-state index in [1.807, 2.05) is 13.8 Å². The monoisotopic (exact) mass is 255 g/mol. The Labute approximate surface area is 107 Å². The molecule has 0 radical (unpaired) electrons. The van der Waals surface area contributed by atoms with Gasteiger partial charge in [-0.05, 0) is 12.8 Å². The van der Waals surface area contributed by atoms with Crippen LogP contribution in [0, 0.1) is 5.92 Å². The van der Waals surface area contributed by atoms with E-state index in [2.05, 4.69) is 10.6 Å². The van der Waals surface area contributed by atoms with Gasteiger partial charge in [-0.25, -0.2) is 0 Å². The van der Waals surface area contributed by atoms with Gasteiger partial charge in [-0.2, -0.15) is 0 Å². The highest BCUT2D eigenvalue weighted by molar-refractivity contribution is 6.05. The summed E-state index contributed by atoms with van der Waals surface area (Å²) in [5.74, 6) is -0.181. The zero-order valence-corrected chi connectivity index (χ0v) is 11.2. The van der Waals surface area contributed by atoms with Crippen LogP contribution < -0.4 is 10.6 Å². The topological polar surface area (TPSA) is 78.5 Å². The van der Waals surface area contributed by atoms with E-state index in [0.29, 0.717) is 19.0 Å². The van der Waals surface area contributed by atoms with Crippen molar-refractivity contribution in [3.8, 4) is 0 Å². The van der Waals surface area contributed by atoms with Crippen molar-refractivity contribution in [3.05, 3.63) is 0 Å². The van der Waals surface area contributed by atoms with Crippen LogP contribution >= 0.6 is 0 Å². The van der Waals surface area contributed by atoms with E-state index in [9.17, 15) is 14.4 Å². The Kier molecular flexibility index (Phi) is 5.27. The number of likely N-dealkylation sites (N-methyl/N-ethyl adjacent to an activating group) is 1. The van der Waals surface area contributed by atoms with E-state index in [0.717, 1.165) is 0 Å². The average molecular weight is 255 g/mol. The largest absolute Gasteiger partial charge is 0.355 e. The first-order valence-corrected chi connectivity index (χ1v) is 6.30. The highest BCUT2D eigenvalue weighted by atomic mass is 16.2. The van der Waals surface area contributed by atoms with Crippen molar-refractivity contribution in [1.82, 2.24) is 15.5 Å². The summed E-state index contributed by atoms with van der Waals surface area (Å²) < 4.78 is 0. The molecule has 0 spiro atoms. The third kappa shape index (κ3) is 3.80. The molecule has 6 nitrogen and oxygen atoms in total. The number of nitrogens with zero attached hydrogens (tertiary/aromatic N) is 1. The Balaban J connectivity index is 2.34. The van der Waals surface area contributed by atoms with Crippen LogP contribution in [-0.4, -0.2) is 48.3 Å². The molecular formula is C12H21N3O3. The number of rotatable bonds is 6. The Morgan fingerprint density at radius 2 is 2.11 bits per heavy atom. The lowest BCUT2D eigenvalue weighted by Crippen LogP contribution is -2.44. The van der Waals surface area contributed by atoms with E-state index < -0.39 is 6.04 Å². The van der Waals surface area contributed by atoms with Gasteiger partial charge in [-0.3, -0.25) is 24.6 Å². The van der Waals surface area contributed by atoms with Crippen LogP contribution in [0.15, 0.2) is 0 Å². The van der Waals surface area contributed by atoms with Crippen molar-refractivity contribution in [2.75, 3.05) is 19.6 Å². The van der Waals surface area contributed by atoms with Crippen molar-refractivity contribution in [1.29, 1.82) is 0 Å².